The van der Waals surface area contributed by atoms with Gasteiger partial charge in [-0.1, -0.05) is 15.9 Å². The summed E-state index contributed by atoms with van der Waals surface area (Å²) in [6.45, 7) is 1.91. The molecule has 94 valence electrons. The Bertz CT molecular complexity index is 395. The van der Waals surface area contributed by atoms with Gasteiger partial charge >= 0.3 is 5.97 Å². The zero-order valence-corrected chi connectivity index (χ0v) is 11.7. The highest BCUT2D eigenvalue weighted by atomic mass is 79.9. The fraction of sp³-hybridized carbons (Fsp3) is 0.417. The zero-order valence-electron chi connectivity index (χ0n) is 10.1. The van der Waals surface area contributed by atoms with Crippen LogP contribution < -0.4 is 10.1 Å². The van der Waals surface area contributed by atoms with E-state index < -0.39 is 0 Å². The fourth-order valence-electron chi connectivity index (χ4n) is 1.44. The van der Waals surface area contributed by atoms with Crippen molar-refractivity contribution in [3.8, 4) is 5.75 Å². The number of nitrogens with one attached hydrogen (secondary N) is 1. The highest BCUT2D eigenvalue weighted by molar-refractivity contribution is 9.10. The average molecular weight is 302 g/mol. The smallest absolute Gasteiger partial charge is 0.307 e. The van der Waals surface area contributed by atoms with Gasteiger partial charge in [0.05, 0.1) is 26.3 Å². The van der Waals surface area contributed by atoms with Gasteiger partial charge in [-0.2, -0.15) is 0 Å². The van der Waals surface area contributed by atoms with Crippen LogP contribution in [0.15, 0.2) is 22.7 Å². The van der Waals surface area contributed by atoms with Gasteiger partial charge in [-0.25, -0.2) is 0 Å². The predicted molar refractivity (Wildman–Crippen MR) is 70.4 cm³/mol. The minimum atomic E-state index is -0.237. The number of esters is 1. The molecule has 1 aromatic carbocycles. The van der Waals surface area contributed by atoms with Crippen molar-refractivity contribution in [2.45, 2.75) is 19.4 Å². The molecule has 0 heterocycles. The molecule has 0 radical (unpaired) electrons. The summed E-state index contributed by atoms with van der Waals surface area (Å²) in [5.41, 5.74) is 0.846. The normalized spacial score (nSPS) is 11.8. The second-order valence-corrected chi connectivity index (χ2v) is 4.59. The number of anilines is 1. The number of hydrogen-bond donors (Lipinski definition) is 1. The molecular weight excluding hydrogens is 286 g/mol. The van der Waals surface area contributed by atoms with Crippen molar-refractivity contribution < 1.29 is 14.3 Å². The fourth-order valence-corrected chi connectivity index (χ4v) is 1.80. The lowest BCUT2D eigenvalue weighted by Gasteiger charge is -2.16. The van der Waals surface area contributed by atoms with Crippen molar-refractivity contribution in [1.29, 1.82) is 0 Å². The highest BCUT2D eigenvalue weighted by Crippen LogP contribution is 2.28. The molecule has 4 nitrogen and oxygen atoms in total. The molecule has 0 aromatic heterocycles. The van der Waals surface area contributed by atoms with Crippen LogP contribution in [0.5, 0.6) is 5.75 Å². The van der Waals surface area contributed by atoms with E-state index in [0.29, 0.717) is 6.42 Å². The molecule has 0 spiro atoms. The predicted octanol–water partition coefficient (Wildman–Crippen LogP) is 2.82. The number of halogens is 1. The van der Waals surface area contributed by atoms with Gasteiger partial charge < -0.3 is 14.8 Å². The van der Waals surface area contributed by atoms with Crippen LogP contribution in [0.1, 0.15) is 13.3 Å². The Balaban J connectivity index is 2.72. The molecule has 0 bridgehead atoms. The van der Waals surface area contributed by atoms with Gasteiger partial charge in [0.1, 0.15) is 5.75 Å². The lowest BCUT2D eigenvalue weighted by atomic mass is 10.2. The molecule has 0 saturated carbocycles. The van der Waals surface area contributed by atoms with Crippen LogP contribution in [0.25, 0.3) is 0 Å². The Labute approximate surface area is 109 Å². The summed E-state index contributed by atoms with van der Waals surface area (Å²) < 4.78 is 10.8. The Morgan fingerprint density at radius 2 is 2.18 bits per heavy atom. The van der Waals surface area contributed by atoms with E-state index in [9.17, 15) is 4.79 Å². The summed E-state index contributed by atoms with van der Waals surface area (Å²) in [6.07, 6.45) is 0.312. The summed E-state index contributed by atoms with van der Waals surface area (Å²) in [5, 5.41) is 3.21. The summed E-state index contributed by atoms with van der Waals surface area (Å²) in [7, 11) is 2.99. The van der Waals surface area contributed by atoms with E-state index in [-0.39, 0.29) is 12.0 Å². The molecule has 0 fully saturated rings. The maximum Gasteiger partial charge on any atom is 0.307 e. The molecule has 0 aliphatic carbocycles. The summed E-state index contributed by atoms with van der Waals surface area (Å²) >= 11 is 3.39. The SMILES string of the molecule is COC(=O)CC(C)Nc1cc(Br)ccc1OC. The van der Waals surface area contributed by atoms with Gasteiger partial charge in [-0.3, -0.25) is 4.79 Å². The zero-order chi connectivity index (χ0) is 12.8. The van der Waals surface area contributed by atoms with E-state index in [1.54, 1.807) is 7.11 Å². The summed E-state index contributed by atoms with van der Waals surface area (Å²) in [6, 6.07) is 5.64. The maximum absolute atomic E-state index is 11.1. The molecule has 0 saturated heterocycles. The summed E-state index contributed by atoms with van der Waals surface area (Å²) in [5.74, 6) is 0.504. The van der Waals surface area contributed by atoms with Crippen molar-refractivity contribution in [2.24, 2.45) is 0 Å². The van der Waals surface area contributed by atoms with Gasteiger partial charge in [0.25, 0.3) is 0 Å². The van der Waals surface area contributed by atoms with Crippen molar-refractivity contribution in [3.05, 3.63) is 22.7 Å². The Morgan fingerprint density at radius 1 is 1.47 bits per heavy atom. The third-order valence-electron chi connectivity index (χ3n) is 2.26. The molecular formula is C12H16BrNO3. The molecule has 1 N–H and O–H groups in total. The van der Waals surface area contributed by atoms with Crippen molar-refractivity contribution in [3.63, 3.8) is 0 Å². The van der Waals surface area contributed by atoms with Crippen LogP contribution in [0.4, 0.5) is 5.69 Å². The Hall–Kier alpha value is -1.23. The van der Waals surface area contributed by atoms with Gasteiger partial charge in [0.15, 0.2) is 0 Å². The van der Waals surface area contributed by atoms with Crippen molar-refractivity contribution in [1.82, 2.24) is 0 Å². The molecule has 17 heavy (non-hydrogen) atoms. The van der Waals surface area contributed by atoms with Gasteiger partial charge in [0.2, 0.25) is 0 Å². The van der Waals surface area contributed by atoms with E-state index in [2.05, 4.69) is 26.0 Å². The average Bonchev–Trinajstić information content (AvgIpc) is 2.29. The first-order valence-electron chi connectivity index (χ1n) is 5.23. The minimum Gasteiger partial charge on any atom is -0.495 e. The van der Waals surface area contributed by atoms with E-state index in [0.717, 1.165) is 15.9 Å². The van der Waals surface area contributed by atoms with Crippen LogP contribution in [0, 0.1) is 0 Å². The molecule has 1 unspecified atom stereocenters. The second kappa shape index (κ2) is 6.49. The monoisotopic (exact) mass is 301 g/mol. The number of rotatable bonds is 5. The number of hydrogen-bond acceptors (Lipinski definition) is 4. The van der Waals surface area contributed by atoms with Gasteiger partial charge in [-0.15, -0.1) is 0 Å². The number of benzene rings is 1. The first kappa shape index (κ1) is 13.8. The molecule has 1 atom stereocenters. The van der Waals surface area contributed by atoms with Crippen LogP contribution >= 0.6 is 15.9 Å². The van der Waals surface area contributed by atoms with E-state index >= 15 is 0 Å². The quantitative estimate of drug-likeness (QED) is 0.850. The largest absolute Gasteiger partial charge is 0.495 e. The topological polar surface area (TPSA) is 47.6 Å². The molecule has 1 aromatic rings. The second-order valence-electron chi connectivity index (χ2n) is 3.67. The number of carbonyl (C=O) groups is 1. The molecule has 1 rings (SSSR count). The number of carbonyl (C=O) groups excluding carboxylic acids is 1. The van der Waals surface area contributed by atoms with Crippen LogP contribution in [-0.2, 0) is 9.53 Å². The molecule has 5 heteroatoms. The third kappa shape index (κ3) is 4.26. The lowest BCUT2D eigenvalue weighted by Crippen LogP contribution is -2.20. The lowest BCUT2D eigenvalue weighted by molar-refractivity contribution is -0.140. The van der Waals surface area contributed by atoms with Crippen LogP contribution in [0.2, 0.25) is 0 Å². The van der Waals surface area contributed by atoms with Gasteiger partial charge in [0, 0.05) is 10.5 Å². The summed E-state index contributed by atoms with van der Waals surface area (Å²) in [4.78, 5) is 11.1. The minimum absolute atomic E-state index is 0.0225. The van der Waals surface area contributed by atoms with Crippen molar-refractivity contribution >= 4 is 27.6 Å². The molecule has 0 amide bonds. The van der Waals surface area contributed by atoms with Crippen LogP contribution in [-0.4, -0.2) is 26.2 Å². The standard InChI is InChI=1S/C12H16BrNO3/c1-8(6-12(15)17-3)14-10-7-9(13)4-5-11(10)16-2/h4-5,7-8,14H,6H2,1-3H3. The van der Waals surface area contributed by atoms with E-state index in [1.807, 2.05) is 25.1 Å². The Kier molecular flexibility index (Phi) is 5.28. The van der Waals surface area contributed by atoms with Crippen LogP contribution in [0.3, 0.4) is 0 Å². The Morgan fingerprint density at radius 3 is 2.76 bits per heavy atom. The third-order valence-corrected chi connectivity index (χ3v) is 2.76. The highest BCUT2D eigenvalue weighted by Gasteiger charge is 2.11. The van der Waals surface area contributed by atoms with Gasteiger partial charge in [-0.05, 0) is 25.1 Å². The maximum atomic E-state index is 11.1. The molecule has 0 aliphatic heterocycles. The van der Waals surface area contributed by atoms with E-state index in [4.69, 9.17) is 4.74 Å². The first-order chi connectivity index (χ1) is 8.06. The first-order valence-corrected chi connectivity index (χ1v) is 6.03. The van der Waals surface area contributed by atoms with E-state index in [1.165, 1.54) is 7.11 Å². The van der Waals surface area contributed by atoms with Crippen molar-refractivity contribution in [2.75, 3.05) is 19.5 Å². The number of ether oxygens (including phenoxy) is 2. The number of methoxy groups -OCH3 is 2. The molecule has 0 aliphatic rings.